The van der Waals surface area contributed by atoms with E-state index in [-0.39, 0.29) is 0 Å². The van der Waals surface area contributed by atoms with E-state index in [1.165, 1.54) is 5.56 Å². The summed E-state index contributed by atoms with van der Waals surface area (Å²) in [5.74, 6) is 1.31. The highest BCUT2D eigenvalue weighted by Gasteiger charge is 2.08. The SMILES string of the molecule is CCc1ccc(-c2nc(C)c(CC)c(N)n2)cc1. The molecule has 0 fully saturated rings. The molecule has 2 rings (SSSR count). The third kappa shape index (κ3) is 2.35. The minimum atomic E-state index is 0.597. The van der Waals surface area contributed by atoms with Crippen LogP contribution < -0.4 is 5.73 Å². The van der Waals surface area contributed by atoms with E-state index in [9.17, 15) is 0 Å². The third-order valence-corrected chi connectivity index (χ3v) is 3.22. The summed E-state index contributed by atoms with van der Waals surface area (Å²) < 4.78 is 0. The van der Waals surface area contributed by atoms with Crippen LogP contribution in [0.3, 0.4) is 0 Å². The Morgan fingerprint density at radius 1 is 1.00 bits per heavy atom. The second kappa shape index (κ2) is 5.17. The lowest BCUT2D eigenvalue weighted by atomic mass is 10.1. The number of aryl methyl sites for hydroxylation is 2. The van der Waals surface area contributed by atoms with Crippen LogP contribution in [0.25, 0.3) is 11.4 Å². The second-order valence-electron chi connectivity index (χ2n) is 4.40. The largest absolute Gasteiger partial charge is 0.383 e. The molecule has 2 aromatic rings. The number of anilines is 1. The van der Waals surface area contributed by atoms with Crippen LogP contribution >= 0.6 is 0 Å². The number of rotatable bonds is 3. The normalized spacial score (nSPS) is 10.6. The lowest BCUT2D eigenvalue weighted by Gasteiger charge is -2.09. The van der Waals surface area contributed by atoms with E-state index in [1.54, 1.807) is 0 Å². The van der Waals surface area contributed by atoms with Crippen LogP contribution in [-0.2, 0) is 12.8 Å². The summed E-state index contributed by atoms with van der Waals surface area (Å²) in [6.07, 6.45) is 1.91. The Morgan fingerprint density at radius 2 is 1.67 bits per heavy atom. The summed E-state index contributed by atoms with van der Waals surface area (Å²) in [7, 11) is 0. The zero-order valence-electron chi connectivity index (χ0n) is 11.2. The molecule has 0 saturated heterocycles. The Bertz CT molecular complexity index is 521. The van der Waals surface area contributed by atoms with Crippen molar-refractivity contribution < 1.29 is 0 Å². The standard InChI is InChI=1S/C15H19N3/c1-4-11-6-8-12(9-7-11)15-17-10(3)13(5-2)14(16)18-15/h6-9H,4-5H2,1-3H3,(H2,16,17,18). The predicted octanol–water partition coefficient (Wildman–Crippen LogP) is 3.16. The molecule has 0 atom stereocenters. The molecule has 0 aliphatic rings. The summed E-state index contributed by atoms with van der Waals surface area (Å²) >= 11 is 0. The number of nitrogens with zero attached hydrogens (tertiary/aromatic N) is 2. The lowest BCUT2D eigenvalue weighted by molar-refractivity contribution is 1.01. The molecule has 0 spiro atoms. The van der Waals surface area contributed by atoms with Gasteiger partial charge in [0.2, 0.25) is 0 Å². The average Bonchev–Trinajstić information content (AvgIpc) is 2.38. The summed E-state index contributed by atoms with van der Waals surface area (Å²) in [5.41, 5.74) is 10.3. The molecule has 1 aromatic heterocycles. The molecule has 3 nitrogen and oxygen atoms in total. The van der Waals surface area contributed by atoms with Gasteiger partial charge < -0.3 is 5.73 Å². The summed E-state index contributed by atoms with van der Waals surface area (Å²) in [4.78, 5) is 8.94. The highest BCUT2D eigenvalue weighted by Crippen LogP contribution is 2.21. The fraction of sp³-hybridized carbons (Fsp3) is 0.333. The maximum absolute atomic E-state index is 5.98. The van der Waals surface area contributed by atoms with Gasteiger partial charge in [0.05, 0.1) is 0 Å². The van der Waals surface area contributed by atoms with E-state index in [0.717, 1.165) is 29.7 Å². The van der Waals surface area contributed by atoms with Gasteiger partial charge in [-0.25, -0.2) is 9.97 Å². The van der Waals surface area contributed by atoms with Gasteiger partial charge in [-0.15, -0.1) is 0 Å². The van der Waals surface area contributed by atoms with Crippen molar-refractivity contribution in [3.8, 4) is 11.4 Å². The topological polar surface area (TPSA) is 51.8 Å². The van der Waals surface area contributed by atoms with E-state index in [4.69, 9.17) is 5.73 Å². The van der Waals surface area contributed by atoms with Crippen molar-refractivity contribution >= 4 is 5.82 Å². The fourth-order valence-corrected chi connectivity index (χ4v) is 2.07. The van der Waals surface area contributed by atoms with Crippen molar-refractivity contribution in [1.29, 1.82) is 0 Å². The molecule has 1 heterocycles. The van der Waals surface area contributed by atoms with Crippen LogP contribution in [-0.4, -0.2) is 9.97 Å². The number of aromatic nitrogens is 2. The molecule has 0 unspecified atom stereocenters. The number of hydrogen-bond acceptors (Lipinski definition) is 3. The summed E-state index contributed by atoms with van der Waals surface area (Å²) in [6, 6.07) is 8.33. The van der Waals surface area contributed by atoms with Gasteiger partial charge in [0.15, 0.2) is 5.82 Å². The minimum Gasteiger partial charge on any atom is -0.383 e. The van der Waals surface area contributed by atoms with Crippen molar-refractivity contribution in [3.05, 3.63) is 41.1 Å². The molecule has 1 aromatic carbocycles. The van der Waals surface area contributed by atoms with Gasteiger partial charge >= 0.3 is 0 Å². The van der Waals surface area contributed by atoms with Crippen LogP contribution in [0.5, 0.6) is 0 Å². The summed E-state index contributed by atoms with van der Waals surface area (Å²) in [6.45, 7) is 6.20. The molecular weight excluding hydrogens is 222 g/mol. The van der Waals surface area contributed by atoms with Crippen LogP contribution in [0, 0.1) is 6.92 Å². The maximum atomic E-state index is 5.98. The number of benzene rings is 1. The van der Waals surface area contributed by atoms with Gasteiger partial charge in [-0.1, -0.05) is 38.1 Å². The Labute approximate surface area is 108 Å². The highest BCUT2D eigenvalue weighted by atomic mass is 15.0. The Hall–Kier alpha value is -1.90. The van der Waals surface area contributed by atoms with Crippen molar-refractivity contribution in [2.45, 2.75) is 33.6 Å². The van der Waals surface area contributed by atoms with Crippen LogP contribution in [0.2, 0.25) is 0 Å². The lowest BCUT2D eigenvalue weighted by Crippen LogP contribution is -2.04. The molecule has 2 N–H and O–H groups in total. The first-order chi connectivity index (χ1) is 8.65. The molecule has 94 valence electrons. The molecule has 0 bridgehead atoms. The van der Waals surface area contributed by atoms with Crippen molar-refractivity contribution in [2.75, 3.05) is 5.73 Å². The molecule has 0 aliphatic carbocycles. The molecule has 0 saturated carbocycles. The maximum Gasteiger partial charge on any atom is 0.161 e. The zero-order chi connectivity index (χ0) is 13.1. The smallest absolute Gasteiger partial charge is 0.161 e. The van der Waals surface area contributed by atoms with E-state index in [2.05, 4.69) is 48.1 Å². The second-order valence-corrected chi connectivity index (χ2v) is 4.40. The minimum absolute atomic E-state index is 0.597. The highest BCUT2D eigenvalue weighted by molar-refractivity contribution is 5.59. The van der Waals surface area contributed by atoms with E-state index < -0.39 is 0 Å². The Kier molecular flexibility index (Phi) is 3.60. The quantitative estimate of drug-likeness (QED) is 0.898. The van der Waals surface area contributed by atoms with Crippen molar-refractivity contribution in [3.63, 3.8) is 0 Å². The van der Waals surface area contributed by atoms with E-state index in [0.29, 0.717) is 11.6 Å². The molecule has 3 heteroatoms. The van der Waals surface area contributed by atoms with Gasteiger partial charge in [0.1, 0.15) is 5.82 Å². The van der Waals surface area contributed by atoms with Crippen molar-refractivity contribution in [1.82, 2.24) is 9.97 Å². The third-order valence-electron chi connectivity index (χ3n) is 3.22. The van der Waals surface area contributed by atoms with Crippen LogP contribution in [0.1, 0.15) is 30.7 Å². The van der Waals surface area contributed by atoms with Gasteiger partial charge in [0.25, 0.3) is 0 Å². The first-order valence-electron chi connectivity index (χ1n) is 6.38. The first kappa shape index (κ1) is 12.6. The van der Waals surface area contributed by atoms with Gasteiger partial charge in [-0.3, -0.25) is 0 Å². The number of nitrogens with two attached hydrogens (primary N) is 1. The van der Waals surface area contributed by atoms with Gasteiger partial charge in [-0.05, 0) is 25.3 Å². The van der Waals surface area contributed by atoms with Crippen molar-refractivity contribution in [2.24, 2.45) is 0 Å². The van der Waals surface area contributed by atoms with Gasteiger partial charge in [-0.2, -0.15) is 0 Å². The zero-order valence-corrected chi connectivity index (χ0v) is 11.2. The summed E-state index contributed by atoms with van der Waals surface area (Å²) in [5, 5.41) is 0. The first-order valence-corrected chi connectivity index (χ1v) is 6.38. The molecular formula is C15H19N3. The number of nitrogen functional groups attached to an aromatic ring is 1. The predicted molar refractivity (Wildman–Crippen MR) is 75.4 cm³/mol. The molecule has 0 radical (unpaired) electrons. The molecule has 18 heavy (non-hydrogen) atoms. The molecule has 0 aliphatic heterocycles. The van der Waals surface area contributed by atoms with Crippen LogP contribution in [0.15, 0.2) is 24.3 Å². The fourth-order valence-electron chi connectivity index (χ4n) is 2.07. The van der Waals surface area contributed by atoms with Gasteiger partial charge in [0, 0.05) is 16.8 Å². The van der Waals surface area contributed by atoms with E-state index in [1.807, 2.05) is 6.92 Å². The monoisotopic (exact) mass is 241 g/mol. The Balaban J connectivity index is 2.44. The Morgan fingerprint density at radius 3 is 2.17 bits per heavy atom. The van der Waals surface area contributed by atoms with Crippen LogP contribution in [0.4, 0.5) is 5.82 Å². The van der Waals surface area contributed by atoms with E-state index >= 15 is 0 Å². The number of hydrogen-bond donors (Lipinski definition) is 1. The molecule has 0 amide bonds. The average molecular weight is 241 g/mol.